The van der Waals surface area contributed by atoms with Crippen LogP contribution in [-0.4, -0.2) is 17.9 Å². The van der Waals surface area contributed by atoms with Crippen LogP contribution in [0.1, 0.15) is 17.7 Å². The summed E-state index contributed by atoms with van der Waals surface area (Å²) in [7, 11) is 1.97. The molecular weight excluding hydrogens is 272 g/mol. The summed E-state index contributed by atoms with van der Waals surface area (Å²) in [5.41, 5.74) is 12.6. The second-order valence-corrected chi connectivity index (χ2v) is 5.67. The Hall–Kier alpha value is -2.08. The number of carbonyl (C=O) groups excluding carboxylic acids is 1. The van der Waals surface area contributed by atoms with Gasteiger partial charge in [0.1, 0.15) is 0 Å². The van der Waals surface area contributed by atoms with Crippen LogP contribution in [0, 0.1) is 0 Å². The zero-order valence-electron chi connectivity index (χ0n) is 11.2. The van der Waals surface area contributed by atoms with E-state index in [0.29, 0.717) is 13.0 Å². The van der Waals surface area contributed by atoms with Crippen LogP contribution >= 0.6 is 11.3 Å². The van der Waals surface area contributed by atoms with E-state index in [9.17, 15) is 4.79 Å². The van der Waals surface area contributed by atoms with Crippen molar-refractivity contribution in [2.45, 2.75) is 19.4 Å². The number of aryl methyl sites for hydroxylation is 1. The van der Waals surface area contributed by atoms with Crippen molar-refractivity contribution >= 4 is 34.3 Å². The first-order chi connectivity index (χ1) is 9.63. The van der Waals surface area contributed by atoms with Gasteiger partial charge in [0.25, 0.3) is 0 Å². The first kappa shape index (κ1) is 12.9. The summed E-state index contributed by atoms with van der Waals surface area (Å²) >= 11 is 1.58. The monoisotopic (exact) mass is 288 g/mol. The van der Waals surface area contributed by atoms with Gasteiger partial charge in [-0.3, -0.25) is 4.79 Å². The molecule has 0 saturated carbocycles. The Balaban J connectivity index is 1.89. The summed E-state index contributed by atoms with van der Waals surface area (Å²) in [5.74, 6) is 0.0652. The number of fused-ring (bicyclic) bond motifs is 1. The van der Waals surface area contributed by atoms with Crippen LogP contribution in [0.5, 0.6) is 0 Å². The van der Waals surface area contributed by atoms with Gasteiger partial charge in [0.05, 0.1) is 29.1 Å². The number of carbonyl (C=O) groups is 1. The maximum Gasteiger partial charge on any atom is 0.224 e. The molecule has 20 heavy (non-hydrogen) atoms. The Bertz CT molecular complexity index is 639. The topological polar surface area (TPSA) is 71.2 Å². The van der Waals surface area contributed by atoms with E-state index < -0.39 is 0 Å². The predicted octanol–water partition coefficient (Wildman–Crippen LogP) is 2.25. The van der Waals surface area contributed by atoms with E-state index in [2.05, 4.69) is 10.3 Å². The highest BCUT2D eigenvalue weighted by molar-refractivity contribution is 7.07. The molecule has 0 unspecified atom stereocenters. The predicted molar refractivity (Wildman–Crippen MR) is 82.0 cm³/mol. The van der Waals surface area contributed by atoms with Crippen molar-refractivity contribution < 1.29 is 4.79 Å². The van der Waals surface area contributed by atoms with Crippen molar-refractivity contribution in [3.63, 3.8) is 0 Å². The number of nitrogens with two attached hydrogens (primary N) is 1. The maximum atomic E-state index is 11.5. The third kappa shape index (κ3) is 2.46. The molecule has 2 heterocycles. The summed E-state index contributed by atoms with van der Waals surface area (Å²) in [5, 5.41) is 4.93. The van der Waals surface area contributed by atoms with Crippen molar-refractivity contribution in [2.75, 3.05) is 23.0 Å². The number of thiazole rings is 1. The zero-order chi connectivity index (χ0) is 14.1. The van der Waals surface area contributed by atoms with Crippen LogP contribution in [0.4, 0.5) is 17.1 Å². The van der Waals surface area contributed by atoms with Gasteiger partial charge in [0, 0.05) is 24.5 Å². The number of anilines is 3. The minimum absolute atomic E-state index is 0.0652. The number of rotatable bonds is 3. The number of amides is 1. The van der Waals surface area contributed by atoms with Crippen LogP contribution in [-0.2, 0) is 17.8 Å². The first-order valence-corrected chi connectivity index (χ1v) is 7.38. The molecule has 0 radical (unpaired) electrons. The molecule has 0 aliphatic carbocycles. The van der Waals surface area contributed by atoms with Crippen molar-refractivity contribution in [1.29, 1.82) is 0 Å². The fourth-order valence-corrected chi connectivity index (χ4v) is 2.96. The first-order valence-electron chi connectivity index (χ1n) is 6.44. The molecule has 0 spiro atoms. The second-order valence-electron chi connectivity index (χ2n) is 4.95. The van der Waals surface area contributed by atoms with E-state index in [1.54, 1.807) is 11.3 Å². The number of aromatic nitrogens is 1. The van der Waals surface area contributed by atoms with Crippen molar-refractivity contribution in [2.24, 2.45) is 0 Å². The summed E-state index contributed by atoms with van der Waals surface area (Å²) in [6, 6.07) is 3.91. The molecule has 3 rings (SSSR count). The highest BCUT2D eigenvalue weighted by Gasteiger charge is 2.18. The lowest BCUT2D eigenvalue weighted by Gasteiger charge is -2.24. The molecule has 0 fully saturated rings. The van der Waals surface area contributed by atoms with Gasteiger partial charge in [-0.05, 0) is 24.1 Å². The smallest absolute Gasteiger partial charge is 0.224 e. The van der Waals surface area contributed by atoms with Crippen LogP contribution in [0.3, 0.4) is 0 Å². The molecule has 1 aliphatic heterocycles. The number of nitrogens with zero attached hydrogens (tertiary/aromatic N) is 2. The summed E-state index contributed by atoms with van der Waals surface area (Å²) in [6.07, 6.45) is 1.28. The zero-order valence-corrected chi connectivity index (χ0v) is 12.0. The van der Waals surface area contributed by atoms with E-state index in [4.69, 9.17) is 5.73 Å². The molecule has 3 N–H and O–H groups in total. The Morgan fingerprint density at radius 1 is 1.45 bits per heavy atom. The van der Waals surface area contributed by atoms with E-state index in [-0.39, 0.29) is 5.91 Å². The normalized spacial score (nSPS) is 13.8. The molecule has 2 aromatic rings. The van der Waals surface area contributed by atoms with E-state index in [0.717, 1.165) is 34.7 Å². The second kappa shape index (κ2) is 5.13. The molecule has 0 atom stereocenters. The Kier molecular flexibility index (Phi) is 3.31. The standard InChI is InChI=1S/C14H16N4OS/c1-18(6-10-7-20-8-16-10)13-5-12-9(4-11(13)15)2-3-14(19)17-12/h4-5,7-8H,2-3,6,15H2,1H3,(H,17,19). The molecule has 5 nitrogen and oxygen atoms in total. The largest absolute Gasteiger partial charge is 0.397 e. The highest BCUT2D eigenvalue weighted by atomic mass is 32.1. The van der Waals surface area contributed by atoms with Gasteiger partial charge in [-0.15, -0.1) is 11.3 Å². The Labute approximate surface area is 121 Å². The summed E-state index contributed by atoms with van der Waals surface area (Å²) in [6.45, 7) is 0.695. The SMILES string of the molecule is CN(Cc1cscn1)c1cc2c(cc1N)CCC(=O)N2. The molecule has 1 aromatic heterocycles. The van der Waals surface area contributed by atoms with Gasteiger partial charge in [-0.1, -0.05) is 0 Å². The Morgan fingerprint density at radius 3 is 3.05 bits per heavy atom. The quantitative estimate of drug-likeness (QED) is 0.850. The maximum absolute atomic E-state index is 11.5. The van der Waals surface area contributed by atoms with Gasteiger partial charge < -0.3 is 16.0 Å². The van der Waals surface area contributed by atoms with Crippen LogP contribution in [0.2, 0.25) is 0 Å². The molecule has 1 amide bonds. The molecule has 6 heteroatoms. The molecule has 1 aromatic carbocycles. The third-order valence-electron chi connectivity index (χ3n) is 3.44. The lowest BCUT2D eigenvalue weighted by atomic mass is 10.0. The van der Waals surface area contributed by atoms with E-state index >= 15 is 0 Å². The van der Waals surface area contributed by atoms with Gasteiger partial charge in [0.2, 0.25) is 5.91 Å². The number of nitrogen functional groups attached to an aromatic ring is 1. The molecule has 104 valence electrons. The Morgan fingerprint density at radius 2 is 2.30 bits per heavy atom. The summed E-state index contributed by atoms with van der Waals surface area (Å²) in [4.78, 5) is 17.8. The van der Waals surface area contributed by atoms with Crippen molar-refractivity contribution in [1.82, 2.24) is 4.98 Å². The third-order valence-corrected chi connectivity index (χ3v) is 4.08. The number of nitrogens with one attached hydrogen (secondary N) is 1. The molecular formula is C14H16N4OS. The van der Waals surface area contributed by atoms with Gasteiger partial charge in [0.15, 0.2) is 0 Å². The molecule has 1 aliphatic rings. The summed E-state index contributed by atoms with van der Waals surface area (Å²) < 4.78 is 0. The highest BCUT2D eigenvalue weighted by Crippen LogP contribution is 2.33. The van der Waals surface area contributed by atoms with Gasteiger partial charge in [-0.25, -0.2) is 4.98 Å². The lowest BCUT2D eigenvalue weighted by Crippen LogP contribution is -2.22. The number of hydrogen-bond donors (Lipinski definition) is 2. The fraction of sp³-hybridized carbons (Fsp3) is 0.286. The van der Waals surface area contributed by atoms with E-state index in [1.807, 2.05) is 35.0 Å². The van der Waals surface area contributed by atoms with Crippen LogP contribution < -0.4 is 16.0 Å². The minimum Gasteiger partial charge on any atom is -0.397 e. The average molecular weight is 288 g/mol. The van der Waals surface area contributed by atoms with Crippen molar-refractivity contribution in [3.05, 3.63) is 34.3 Å². The lowest BCUT2D eigenvalue weighted by molar-refractivity contribution is -0.116. The number of benzene rings is 1. The van der Waals surface area contributed by atoms with Crippen LogP contribution in [0.25, 0.3) is 0 Å². The minimum atomic E-state index is 0.0652. The fourth-order valence-electron chi connectivity index (χ4n) is 2.41. The average Bonchev–Trinajstić information content (AvgIpc) is 2.91. The van der Waals surface area contributed by atoms with Gasteiger partial charge in [-0.2, -0.15) is 0 Å². The van der Waals surface area contributed by atoms with E-state index in [1.165, 1.54) is 0 Å². The van der Waals surface area contributed by atoms with Gasteiger partial charge >= 0.3 is 0 Å². The van der Waals surface area contributed by atoms with Crippen LogP contribution in [0.15, 0.2) is 23.0 Å². The molecule has 0 saturated heterocycles. The number of hydrogen-bond acceptors (Lipinski definition) is 5. The molecule has 0 bridgehead atoms. The van der Waals surface area contributed by atoms with Crippen molar-refractivity contribution in [3.8, 4) is 0 Å².